The van der Waals surface area contributed by atoms with E-state index >= 15 is 0 Å². The molecule has 7 nitrogen and oxygen atoms in total. The molecule has 0 atom stereocenters. The molecule has 1 aliphatic rings. The van der Waals surface area contributed by atoms with Crippen LogP contribution >= 0.6 is 0 Å². The summed E-state index contributed by atoms with van der Waals surface area (Å²) in [4.78, 5) is 2.36. The summed E-state index contributed by atoms with van der Waals surface area (Å²) in [5.41, 5.74) is 4.70. The van der Waals surface area contributed by atoms with Crippen LogP contribution in [0.4, 0.5) is 0 Å². The summed E-state index contributed by atoms with van der Waals surface area (Å²) in [7, 11) is 3.38. The number of rotatable bonds is 9. The summed E-state index contributed by atoms with van der Waals surface area (Å²) in [6, 6.07) is 4.04. The number of hydrogen-bond acceptors (Lipinski definition) is 6. The van der Waals surface area contributed by atoms with E-state index in [0.29, 0.717) is 18.1 Å². The highest BCUT2D eigenvalue weighted by Crippen LogP contribution is 2.42. The van der Waals surface area contributed by atoms with Gasteiger partial charge >= 0.3 is 0 Å². The Morgan fingerprint density at radius 1 is 1.19 bits per heavy atom. The lowest BCUT2D eigenvalue weighted by Crippen LogP contribution is -2.27. The first-order valence-electron chi connectivity index (χ1n) is 9.28. The van der Waals surface area contributed by atoms with E-state index in [-0.39, 0.29) is 6.79 Å². The Labute approximate surface area is 160 Å². The van der Waals surface area contributed by atoms with Gasteiger partial charge in [0.2, 0.25) is 12.5 Å². The lowest BCUT2D eigenvalue weighted by molar-refractivity contribution is 0.139. The predicted molar refractivity (Wildman–Crippen MR) is 102 cm³/mol. The molecule has 0 unspecified atom stereocenters. The number of benzene rings is 1. The van der Waals surface area contributed by atoms with Crippen molar-refractivity contribution in [1.29, 1.82) is 0 Å². The molecular formula is C20H29N3O4. The lowest BCUT2D eigenvalue weighted by Gasteiger charge is -2.23. The molecule has 0 fully saturated rings. The summed E-state index contributed by atoms with van der Waals surface area (Å²) in [6.07, 6.45) is 0. The Kier molecular flexibility index (Phi) is 6.23. The van der Waals surface area contributed by atoms with Gasteiger partial charge in [-0.25, -0.2) is 0 Å². The van der Waals surface area contributed by atoms with Gasteiger partial charge in [-0.15, -0.1) is 0 Å². The van der Waals surface area contributed by atoms with Gasteiger partial charge in [-0.3, -0.25) is 9.58 Å². The highest BCUT2D eigenvalue weighted by atomic mass is 16.7. The number of aryl methyl sites for hydroxylation is 2. The van der Waals surface area contributed by atoms with Crippen LogP contribution in [0, 0.1) is 13.8 Å². The van der Waals surface area contributed by atoms with E-state index in [0.717, 1.165) is 43.2 Å². The van der Waals surface area contributed by atoms with Gasteiger partial charge in [-0.05, 0) is 38.5 Å². The quantitative estimate of drug-likeness (QED) is 0.672. The van der Waals surface area contributed by atoms with Gasteiger partial charge in [-0.2, -0.15) is 5.10 Å². The third kappa shape index (κ3) is 4.20. The Balaban J connectivity index is 1.83. The number of fused-ring (bicyclic) bond motifs is 1. The van der Waals surface area contributed by atoms with Crippen LogP contribution in [-0.4, -0.2) is 48.8 Å². The molecule has 2 aromatic rings. The number of ether oxygens (including phenoxy) is 4. The molecule has 0 radical (unpaired) electrons. The summed E-state index contributed by atoms with van der Waals surface area (Å²) in [5.74, 6) is 2.13. The van der Waals surface area contributed by atoms with E-state index in [1.807, 2.05) is 12.1 Å². The number of methoxy groups -OCH3 is 2. The first kappa shape index (κ1) is 19.5. The molecule has 0 spiro atoms. The highest BCUT2D eigenvalue weighted by Gasteiger charge is 2.21. The molecule has 3 rings (SSSR count). The maximum Gasteiger partial charge on any atom is 0.231 e. The van der Waals surface area contributed by atoms with Gasteiger partial charge in [0.05, 0.1) is 19.4 Å². The largest absolute Gasteiger partial charge is 0.493 e. The van der Waals surface area contributed by atoms with Crippen LogP contribution in [0.3, 0.4) is 0 Å². The number of aromatic nitrogens is 2. The van der Waals surface area contributed by atoms with Crippen molar-refractivity contribution in [3.05, 3.63) is 34.6 Å². The Morgan fingerprint density at radius 2 is 2.00 bits per heavy atom. The Morgan fingerprint density at radius 3 is 2.67 bits per heavy atom. The van der Waals surface area contributed by atoms with Crippen LogP contribution in [-0.2, 0) is 24.4 Å². The number of nitrogens with zero attached hydrogens (tertiary/aromatic N) is 3. The molecule has 1 aromatic heterocycles. The SMILES string of the molecule is CCn1nc(C)c(CN(CCOC)Cc2cc(OC)c3c(c2)OCO3)c1C. The van der Waals surface area contributed by atoms with Crippen LogP contribution in [0.1, 0.15) is 29.4 Å². The fourth-order valence-corrected chi connectivity index (χ4v) is 3.46. The maximum absolute atomic E-state index is 5.56. The molecule has 0 amide bonds. The summed E-state index contributed by atoms with van der Waals surface area (Å²) < 4.78 is 23.9. The molecule has 0 saturated carbocycles. The minimum absolute atomic E-state index is 0.233. The molecule has 1 aromatic carbocycles. The lowest BCUT2D eigenvalue weighted by atomic mass is 10.1. The van der Waals surface area contributed by atoms with Gasteiger partial charge < -0.3 is 18.9 Å². The van der Waals surface area contributed by atoms with E-state index in [1.54, 1.807) is 14.2 Å². The normalized spacial score (nSPS) is 12.8. The van der Waals surface area contributed by atoms with E-state index in [4.69, 9.17) is 18.9 Å². The van der Waals surface area contributed by atoms with Crippen LogP contribution in [0.5, 0.6) is 17.2 Å². The standard InChI is InChI=1S/C20H29N3O4/c1-6-23-15(3)17(14(2)21-23)12-22(7-8-24-4)11-16-9-18(25-5)20-19(10-16)26-13-27-20/h9-10H,6-8,11-13H2,1-5H3. The molecule has 2 heterocycles. The first-order valence-corrected chi connectivity index (χ1v) is 9.28. The van der Waals surface area contributed by atoms with E-state index in [1.165, 1.54) is 11.3 Å². The molecule has 0 bridgehead atoms. The van der Waals surface area contributed by atoms with Crippen molar-refractivity contribution >= 4 is 0 Å². The van der Waals surface area contributed by atoms with Crippen molar-refractivity contribution < 1.29 is 18.9 Å². The molecule has 7 heteroatoms. The van der Waals surface area contributed by atoms with Crippen LogP contribution in [0.15, 0.2) is 12.1 Å². The molecule has 1 aliphatic heterocycles. The predicted octanol–water partition coefficient (Wildman–Crippen LogP) is 2.91. The van der Waals surface area contributed by atoms with Crippen molar-refractivity contribution in [3.8, 4) is 17.2 Å². The molecule has 148 valence electrons. The average molecular weight is 375 g/mol. The second-order valence-electron chi connectivity index (χ2n) is 6.70. The maximum atomic E-state index is 5.56. The van der Waals surface area contributed by atoms with Crippen LogP contribution in [0.25, 0.3) is 0 Å². The van der Waals surface area contributed by atoms with Gasteiger partial charge in [0.25, 0.3) is 0 Å². The second kappa shape index (κ2) is 8.63. The highest BCUT2D eigenvalue weighted by molar-refractivity contribution is 5.55. The Hall–Kier alpha value is -2.25. The summed E-state index contributed by atoms with van der Waals surface area (Å²) in [5, 5.41) is 4.65. The number of hydrogen-bond donors (Lipinski definition) is 0. The molecular weight excluding hydrogens is 346 g/mol. The van der Waals surface area contributed by atoms with Gasteiger partial charge in [0.1, 0.15) is 0 Å². The smallest absolute Gasteiger partial charge is 0.231 e. The van der Waals surface area contributed by atoms with Crippen molar-refractivity contribution in [1.82, 2.24) is 14.7 Å². The second-order valence-corrected chi connectivity index (χ2v) is 6.70. The van der Waals surface area contributed by atoms with E-state index < -0.39 is 0 Å². The molecule has 0 saturated heterocycles. The third-order valence-corrected chi connectivity index (χ3v) is 4.95. The fraction of sp³-hybridized carbons (Fsp3) is 0.550. The zero-order chi connectivity index (χ0) is 19.4. The van der Waals surface area contributed by atoms with Gasteiger partial charge in [0, 0.05) is 44.5 Å². The van der Waals surface area contributed by atoms with Crippen LogP contribution in [0.2, 0.25) is 0 Å². The monoisotopic (exact) mass is 375 g/mol. The van der Waals surface area contributed by atoms with Crippen molar-refractivity contribution in [2.45, 2.75) is 40.4 Å². The van der Waals surface area contributed by atoms with Crippen molar-refractivity contribution in [3.63, 3.8) is 0 Å². The van der Waals surface area contributed by atoms with Gasteiger partial charge in [-0.1, -0.05) is 0 Å². The Bertz CT molecular complexity index is 788. The summed E-state index contributed by atoms with van der Waals surface area (Å²) in [6.45, 7) is 10.5. The topological polar surface area (TPSA) is 58.0 Å². The fourth-order valence-electron chi connectivity index (χ4n) is 3.46. The minimum atomic E-state index is 0.233. The average Bonchev–Trinajstić information content (AvgIpc) is 3.24. The van der Waals surface area contributed by atoms with E-state index in [9.17, 15) is 0 Å². The van der Waals surface area contributed by atoms with Gasteiger partial charge in [0.15, 0.2) is 11.5 Å². The molecule has 0 N–H and O–H groups in total. The van der Waals surface area contributed by atoms with Crippen molar-refractivity contribution in [2.24, 2.45) is 0 Å². The zero-order valence-corrected chi connectivity index (χ0v) is 16.9. The summed E-state index contributed by atoms with van der Waals surface area (Å²) >= 11 is 0. The molecule has 0 aliphatic carbocycles. The minimum Gasteiger partial charge on any atom is -0.493 e. The van der Waals surface area contributed by atoms with Crippen LogP contribution < -0.4 is 14.2 Å². The molecule has 27 heavy (non-hydrogen) atoms. The first-order chi connectivity index (χ1) is 13.1. The van der Waals surface area contributed by atoms with E-state index in [2.05, 4.69) is 35.5 Å². The third-order valence-electron chi connectivity index (χ3n) is 4.95. The zero-order valence-electron chi connectivity index (χ0n) is 16.9. The van der Waals surface area contributed by atoms with Crippen molar-refractivity contribution in [2.75, 3.05) is 34.2 Å².